The predicted molar refractivity (Wildman–Crippen MR) is 93.9 cm³/mol. The second kappa shape index (κ2) is 6.58. The normalized spacial score (nSPS) is 32.0. The third-order valence-electron chi connectivity index (χ3n) is 6.64. The van der Waals surface area contributed by atoms with Gasteiger partial charge in [-0.05, 0) is 12.8 Å². The molecule has 4 aliphatic rings. The number of hydrogen-bond donors (Lipinski definition) is 0. The van der Waals surface area contributed by atoms with E-state index in [0.29, 0.717) is 11.9 Å². The van der Waals surface area contributed by atoms with Crippen LogP contribution in [0.4, 0.5) is 0 Å². The van der Waals surface area contributed by atoms with Gasteiger partial charge in [0.15, 0.2) is 0 Å². The van der Waals surface area contributed by atoms with Gasteiger partial charge in [-0.25, -0.2) is 0 Å². The van der Waals surface area contributed by atoms with Gasteiger partial charge in [0.2, 0.25) is 5.91 Å². The Morgan fingerprint density at radius 3 is 2.54 bits per heavy atom. The largest absolute Gasteiger partial charge is 0.378 e. The highest BCUT2D eigenvalue weighted by Crippen LogP contribution is 2.39. The molecule has 0 N–H and O–H groups in total. The third kappa shape index (κ3) is 2.89. The Hall–Kier alpha value is -0.650. The highest BCUT2D eigenvalue weighted by atomic mass is 16.5. The molecule has 0 bridgehead atoms. The van der Waals surface area contributed by atoms with E-state index in [1.165, 1.54) is 32.1 Å². The minimum absolute atomic E-state index is 0.0904. The van der Waals surface area contributed by atoms with Crippen molar-refractivity contribution in [2.24, 2.45) is 5.92 Å². The van der Waals surface area contributed by atoms with E-state index in [1.54, 1.807) is 0 Å². The quantitative estimate of drug-likeness (QED) is 0.767. The molecule has 4 fully saturated rings. The summed E-state index contributed by atoms with van der Waals surface area (Å²) in [6.07, 6.45) is 6.95. The van der Waals surface area contributed by atoms with E-state index in [2.05, 4.69) is 14.7 Å². The number of nitrogens with zero attached hydrogens (tertiary/aromatic N) is 3. The van der Waals surface area contributed by atoms with E-state index < -0.39 is 0 Å². The molecule has 4 rings (SSSR count). The van der Waals surface area contributed by atoms with E-state index >= 15 is 0 Å². The summed E-state index contributed by atoms with van der Waals surface area (Å²) >= 11 is 0. The van der Waals surface area contributed by atoms with Crippen molar-refractivity contribution in [1.29, 1.82) is 0 Å². The average molecular weight is 335 g/mol. The molecule has 1 atom stereocenters. The van der Waals surface area contributed by atoms with Gasteiger partial charge in [-0.15, -0.1) is 0 Å². The van der Waals surface area contributed by atoms with Crippen LogP contribution in [0.1, 0.15) is 46.0 Å². The first kappa shape index (κ1) is 16.8. The van der Waals surface area contributed by atoms with Crippen molar-refractivity contribution in [3.05, 3.63) is 0 Å². The first-order valence-electron chi connectivity index (χ1n) is 9.96. The number of hydrogen-bond acceptors (Lipinski definition) is 4. The van der Waals surface area contributed by atoms with Gasteiger partial charge < -0.3 is 9.64 Å². The molecule has 0 aromatic carbocycles. The minimum atomic E-state index is 0.0904. The standard InChI is InChI=1S/C19H33N3O2/c1-15(2)18(23)20-10-17-11-24-9-8-22(17)19(12-20)13-21(14-19)16-6-4-3-5-7-16/h15-17H,3-14H2,1-2H3/t17-/m1/s1. The summed E-state index contributed by atoms with van der Waals surface area (Å²) in [7, 11) is 0. The van der Waals surface area contributed by atoms with Crippen LogP contribution in [0, 0.1) is 5.92 Å². The lowest BCUT2D eigenvalue weighted by atomic mass is 9.79. The van der Waals surface area contributed by atoms with Crippen LogP contribution < -0.4 is 0 Å². The van der Waals surface area contributed by atoms with Crippen molar-refractivity contribution in [3.63, 3.8) is 0 Å². The lowest BCUT2D eigenvalue weighted by Gasteiger charge is -2.65. The SMILES string of the molecule is CC(C)C(=O)N1C[C@@H]2COCCN2C2(C1)CN(C1CCCCC1)C2. The van der Waals surface area contributed by atoms with Crippen molar-refractivity contribution in [2.75, 3.05) is 45.9 Å². The summed E-state index contributed by atoms with van der Waals surface area (Å²) in [4.78, 5) is 20.2. The average Bonchev–Trinajstić information content (AvgIpc) is 2.58. The van der Waals surface area contributed by atoms with Crippen LogP contribution in [0.2, 0.25) is 0 Å². The number of fused-ring (bicyclic) bond motifs is 2. The first-order valence-corrected chi connectivity index (χ1v) is 9.96. The molecule has 1 aliphatic carbocycles. The summed E-state index contributed by atoms with van der Waals surface area (Å²) in [5, 5.41) is 0. The molecule has 0 radical (unpaired) electrons. The van der Waals surface area contributed by atoms with Crippen LogP contribution in [0.25, 0.3) is 0 Å². The summed E-state index contributed by atoms with van der Waals surface area (Å²) in [6, 6.07) is 1.18. The van der Waals surface area contributed by atoms with Gasteiger partial charge >= 0.3 is 0 Å². The Labute approximate surface area is 146 Å². The summed E-state index contributed by atoms with van der Waals surface area (Å²) < 4.78 is 5.74. The van der Waals surface area contributed by atoms with Crippen LogP contribution in [0.5, 0.6) is 0 Å². The maximum absolute atomic E-state index is 12.6. The van der Waals surface area contributed by atoms with E-state index in [1.807, 2.05) is 13.8 Å². The molecule has 5 nitrogen and oxygen atoms in total. The number of piperazine rings is 1. The molecule has 0 aromatic heterocycles. The van der Waals surface area contributed by atoms with Gasteiger partial charge in [-0.3, -0.25) is 14.6 Å². The number of amides is 1. The molecule has 3 saturated heterocycles. The number of rotatable bonds is 2. The van der Waals surface area contributed by atoms with Crippen molar-refractivity contribution in [3.8, 4) is 0 Å². The molecular formula is C19H33N3O2. The second-order valence-electron chi connectivity index (χ2n) is 8.72. The molecule has 0 unspecified atom stereocenters. The highest BCUT2D eigenvalue weighted by molar-refractivity contribution is 5.78. The van der Waals surface area contributed by atoms with Gasteiger partial charge in [0.25, 0.3) is 0 Å². The van der Waals surface area contributed by atoms with Gasteiger partial charge in [-0.1, -0.05) is 33.1 Å². The molecule has 1 amide bonds. The van der Waals surface area contributed by atoms with Crippen molar-refractivity contribution in [2.45, 2.75) is 63.6 Å². The zero-order chi connectivity index (χ0) is 16.7. The van der Waals surface area contributed by atoms with E-state index in [4.69, 9.17) is 4.74 Å². The lowest BCUT2D eigenvalue weighted by molar-refractivity contribution is -0.182. The molecule has 24 heavy (non-hydrogen) atoms. The van der Waals surface area contributed by atoms with Crippen LogP contribution >= 0.6 is 0 Å². The Morgan fingerprint density at radius 2 is 1.83 bits per heavy atom. The third-order valence-corrected chi connectivity index (χ3v) is 6.64. The fourth-order valence-corrected chi connectivity index (χ4v) is 5.42. The fraction of sp³-hybridized carbons (Fsp3) is 0.947. The molecule has 1 saturated carbocycles. The topological polar surface area (TPSA) is 36.0 Å². The number of carbonyl (C=O) groups is 1. The van der Waals surface area contributed by atoms with Crippen molar-refractivity contribution < 1.29 is 9.53 Å². The molecular weight excluding hydrogens is 302 g/mol. The summed E-state index contributed by atoms with van der Waals surface area (Å²) in [6.45, 7) is 10.8. The minimum Gasteiger partial charge on any atom is -0.378 e. The summed E-state index contributed by atoms with van der Waals surface area (Å²) in [5.74, 6) is 0.406. The zero-order valence-corrected chi connectivity index (χ0v) is 15.4. The maximum atomic E-state index is 12.6. The van der Waals surface area contributed by atoms with Crippen molar-refractivity contribution >= 4 is 5.91 Å². The van der Waals surface area contributed by atoms with E-state index in [9.17, 15) is 4.79 Å². The van der Waals surface area contributed by atoms with E-state index in [0.717, 1.165) is 52.0 Å². The Morgan fingerprint density at radius 1 is 1.08 bits per heavy atom. The molecule has 136 valence electrons. The van der Waals surface area contributed by atoms with Gasteiger partial charge in [-0.2, -0.15) is 0 Å². The van der Waals surface area contributed by atoms with Crippen LogP contribution in [0.3, 0.4) is 0 Å². The van der Waals surface area contributed by atoms with Gasteiger partial charge in [0.1, 0.15) is 0 Å². The molecule has 3 heterocycles. The Kier molecular flexibility index (Phi) is 4.61. The van der Waals surface area contributed by atoms with Gasteiger partial charge in [0, 0.05) is 44.7 Å². The first-order chi connectivity index (χ1) is 11.6. The van der Waals surface area contributed by atoms with Crippen LogP contribution in [-0.2, 0) is 9.53 Å². The highest BCUT2D eigenvalue weighted by Gasteiger charge is 2.55. The summed E-state index contributed by atoms with van der Waals surface area (Å²) in [5.41, 5.74) is 0.189. The smallest absolute Gasteiger partial charge is 0.225 e. The van der Waals surface area contributed by atoms with Crippen LogP contribution in [-0.4, -0.2) is 84.2 Å². The molecule has 1 spiro atoms. The van der Waals surface area contributed by atoms with Crippen molar-refractivity contribution in [1.82, 2.24) is 14.7 Å². The Balaban J connectivity index is 1.48. The molecule has 5 heteroatoms. The lowest BCUT2D eigenvalue weighted by Crippen LogP contribution is -2.81. The second-order valence-corrected chi connectivity index (χ2v) is 8.72. The fourth-order valence-electron chi connectivity index (χ4n) is 5.42. The number of ether oxygens (including phenoxy) is 1. The van der Waals surface area contributed by atoms with E-state index in [-0.39, 0.29) is 11.5 Å². The number of morpholine rings is 1. The predicted octanol–water partition coefficient (Wildman–Crippen LogP) is 1.57. The number of carbonyl (C=O) groups excluding carboxylic acids is 1. The molecule has 3 aliphatic heterocycles. The van der Waals surface area contributed by atoms with Gasteiger partial charge in [0.05, 0.1) is 24.8 Å². The van der Waals surface area contributed by atoms with Crippen LogP contribution in [0.15, 0.2) is 0 Å². The maximum Gasteiger partial charge on any atom is 0.225 e. The molecule has 0 aromatic rings. The monoisotopic (exact) mass is 335 g/mol. The zero-order valence-electron chi connectivity index (χ0n) is 15.4. The number of likely N-dealkylation sites (tertiary alicyclic amines) is 1. The Bertz CT molecular complexity index is 469.